The number of nitrogen functional groups attached to an aromatic ring is 1. The van der Waals surface area contributed by atoms with Gasteiger partial charge in [-0.05, 0) is 62.5 Å². The normalized spacial score (nSPS) is 40.2. The van der Waals surface area contributed by atoms with Crippen molar-refractivity contribution in [3.8, 4) is 0 Å². The summed E-state index contributed by atoms with van der Waals surface area (Å²) < 4.78 is 0. The molecule has 5 heteroatoms. The van der Waals surface area contributed by atoms with Crippen molar-refractivity contribution in [3.05, 3.63) is 23.9 Å². The number of carbonyl (C=O) groups is 1. The first-order valence-electron chi connectivity index (χ1n) is 7.72. The van der Waals surface area contributed by atoms with Crippen molar-refractivity contribution in [1.82, 2.24) is 10.3 Å². The van der Waals surface area contributed by atoms with Gasteiger partial charge in [0.15, 0.2) is 0 Å². The van der Waals surface area contributed by atoms with E-state index in [1.54, 1.807) is 18.3 Å². The van der Waals surface area contributed by atoms with Gasteiger partial charge in [-0.3, -0.25) is 4.79 Å². The topological polar surface area (TPSA) is 88.2 Å². The third-order valence-corrected chi connectivity index (χ3v) is 5.49. The van der Waals surface area contributed by atoms with E-state index < -0.39 is 5.60 Å². The Morgan fingerprint density at radius 2 is 2.05 bits per heavy atom. The number of aliphatic hydroxyl groups is 1. The second-order valence-corrected chi connectivity index (χ2v) is 7.36. The first-order valence-corrected chi connectivity index (χ1v) is 7.72. The molecular formula is C16H21N3O2. The Kier molecular flexibility index (Phi) is 2.61. The number of hydrogen-bond donors (Lipinski definition) is 3. The molecule has 0 spiro atoms. The number of rotatable bonds is 2. The van der Waals surface area contributed by atoms with Gasteiger partial charge in [-0.2, -0.15) is 0 Å². The number of aromatic nitrogens is 1. The van der Waals surface area contributed by atoms with E-state index in [1.807, 2.05) is 0 Å². The lowest BCUT2D eigenvalue weighted by Gasteiger charge is -2.60. The lowest BCUT2D eigenvalue weighted by molar-refractivity contribution is -0.139. The zero-order valence-electron chi connectivity index (χ0n) is 12.0. The van der Waals surface area contributed by atoms with Crippen LogP contribution in [0.1, 0.15) is 48.9 Å². The molecule has 4 N–H and O–H groups in total. The molecule has 4 saturated carbocycles. The molecule has 2 atom stereocenters. The second kappa shape index (κ2) is 4.19. The highest BCUT2D eigenvalue weighted by atomic mass is 16.3. The van der Waals surface area contributed by atoms with E-state index in [1.165, 1.54) is 6.42 Å². The first kappa shape index (κ1) is 13.1. The molecule has 112 valence electrons. The summed E-state index contributed by atoms with van der Waals surface area (Å²) in [5.74, 6) is 1.19. The molecule has 5 rings (SSSR count). The lowest BCUT2D eigenvalue weighted by atomic mass is 9.51. The minimum Gasteiger partial charge on any atom is -0.390 e. The Labute approximate surface area is 123 Å². The zero-order chi connectivity index (χ0) is 14.7. The number of amides is 1. The van der Waals surface area contributed by atoms with E-state index >= 15 is 0 Å². The van der Waals surface area contributed by atoms with Gasteiger partial charge < -0.3 is 16.2 Å². The van der Waals surface area contributed by atoms with Gasteiger partial charge in [-0.1, -0.05) is 0 Å². The van der Waals surface area contributed by atoms with Gasteiger partial charge in [0.2, 0.25) is 0 Å². The number of pyridine rings is 1. The fraction of sp³-hybridized carbons (Fsp3) is 0.625. The summed E-state index contributed by atoms with van der Waals surface area (Å²) in [7, 11) is 0. The predicted molar refractivity (Wildman–Crippen MR) is 78.5 cm³/mol. The number of hydrogen-bond acceptors (Lipinski definition) is 4. The van der Waals surface area contributed by atoms with Crippen molar-refractivity contribution in [2.24, 2.45) is 11.8 Å². The largest absolute Gasteiger partial charge is 0.390 e. The molecule has 0 aliphatic heterocycles. The summed E-state index contributed by atoms with van der Waals surface area (Å²) in [5.41, 5.74) is 5.40. The molecule has 2 unspecified atom stereocenters. The van der Waals surface area contributed by atoms with Gasteiger partial charge in [0.25, 0.3) is 5.91 Å². The van der Waals surface area contributed by atoms with Crippen molar-refractivity contribution in [3.63, 3.8) is 0 Å². The average molecular weight is 287 g/mol. The second-order valence-electron chi connectivity index (χ2n) is 7.36. The number of nitrogens with one attached hydrogen (secondary N) is 1. The van der Waals surface area contributed by atoms with Crippen LogP contribution in [0, 0.1) is 11.8 Å². The lowest BCUT2D eigenvalue weighted by Crippen LogP contribution is -2.65. The average Bonchev–Trinajstić information content (AvgIpc) is 2.35. The van der Waals surface area contributed by atoms with Crippen LogP contribution in [0.25, 0.3) is 0 Å². The Bertz CT molecular complexity index is 587. The van der Waals surface area contributed by atoms with E-state index in [4.69, 9.17) is 5.73 Å². The SMILES string of the molecule is Nc1ncccc1C(=O)NC12CC3CC(CC(O)(C3)C1)C2. The van der Waals surface area contributed by atoms with Crippen molar-refractivity contribution in [2.75, 3.05) is 5.73 Å². The summed E-state index contributed by atoms with van der Waals surface area (Å²) in [5, 5.41) is 13.9. The van der Waals surface area contributed by atoms with Crippen molar-refractivity contribution < 1.29 is 9.90 Å². The predicted octanol–water partition coefficient (Wildman–Crippen LogP) is 1.48. The molecule has 1 heterocycles. The quantitative estimate of drug-likeness (QED) is 0.768. The summed E-state index contributed by atoms with van der Waals surface area (Å²) >= 11 is 0. The van der Waals surface area contributed by atoms with Gasteiger partial charge >= 0.3 is 0 Å². The smallest absolute Gasteiger partial charge is 0.255 e. The Balaban J connectivity index is 1.60. The van der Waals surface area contributed by atoms with Crippen LogP contribution in [-0.4, -0.2) is 27.1 Å². The zero-order valence-corrected chi connectivity index (χ0v) is 12.0. The molecule has 1 amide bonds. The maximum absolute atomic E-state index is 12.5. The molecule has 4 aliphatic rings. The molecule has 1 aromatic rings. The number of anilines is 1. The van der Waals surface area contributed by atoms with Crippen LogP contribution >= 0.6 is 0 Å². The highest BCUT2D eigenvalue weighted by Crippen LogP contribution is 2.57. The van der Waals surface area contributed by atoms with Crippen molar-refractivity contribution in [1.29, 1.82) is 0 Å². The summed E-state index contributed by atoms with van der Waals surface area (Å²) in [6, 6.07) is 3.42. The van der Waals surface area contributed by atoms with Crippen LogP contribution in [0.15, 0.2) is 18.3 Å². The molecule has 0 aromatic carbocycles. The monoisotopic (exact) mass is 287 g/mol. The minimum atomic E-state index is -0.572. The van der Waals surface area contributed by atoms with Crippen molar-refractivity contribution >= 4 is 11.7 Å². The van der Waals surface area contributed by atoms with Crippen LogP contribution in [0.4, 0.5) is 5.82 Å². The highest BCUT2D eigenvalue weighted by molar-refractivity contribution is 5.98. The number of carbonyl (C=O) groups excluding carboxylic acids is 1. The molecule has 5 nitrogen and oxygen atoms in total. The third kappa shape index (κ3) is 2.11. The molecule has 1 aromatic heterocycles. The van der Waals surface area contributed by atoms with E-state index in [9.17, 15) is 9.90 Å². The van der Waals surface area contributed by atoms with Crippen LogP contribution in [-0.2, 0) is 0 Å². The molecule has 0 saturated heterocycles. The van der Waals surface area contributed by atoms with Crippen LogP contribution in [0.2, 0.25) is 0 Å². The molecular weight excluding hydrogens is 266 g/mol. The van der Waals surface area contributed by atoms with Gasteiger partial charge in [0, 0.05) is 11.7 Å². The van der Waals surface area contributed by atoms with Crippen LogP contribution in [0.3, 0.4) is 0 Å². The summed E-state index contributed by atoms with van der Waals surface area (Å²) in [6.45, 7) is 0. The molecule has 4 fully saturated rings. The Morgan fingerprint density at radius 3 is 2.67 bits per heavy atom. The third-order valence-electron chi connectivity index (χ3n) is 5.49. The summed E-state index contributed by atoms with van der Waals surface area (Å²) in [4.78, 5) is 16.5. The van der Waals surface area contributed by atoms with Crippen LogP contribution in [0.5, 0.6) is 0 Å². The van der Waals surface area contributed by atoms with Crippen LogP contribution < -0.4 is 11.1 Å². The molecule has 21 heavy (non-hydrogen) atoms. The fourth-order valence-corrected chi connectivity index (χ4v) is 5.28. The Morgan fingerprint density at radius 1 is 1.33 bits per heavy atom. The Hall–Kier alpha value is -1.62. The van der Waals surface area contributed by atoms with Gasteiger partial charge in [-0.15, -0.1) is 0 Å². The molecule has 4 bridgehead atoms. The number of nitrogens with two attached hydrogens (primary N) is 1. The van der Waals surface area contributed by atoms with E-state index in [0.717, 1.165) is 25.7 Å². The molecule has 4 aliphatic carbocycles. The minimum absolute atomic E-state index is 0.161. The standard InChI is InChI=1S/C16H21N3O2/c17-13-12(2-1-3-18-13)14(20)19-15-5-10-4-11(6-15)8-16(21,7-10)9-15/h1-3,10-11,21H,4-9H2,(H2,17,18)(H,19,20). The number of nitrogens with zero attached hydrogens (tertiary/aromatic N) is 1. The van der Waals surface area contributed by atoms with E-state index in [2.05, 4.69) is 10.3 Å². The highest BCUT2D eigenvalue weighted by Gasteiger charge is 2.57. The first-order chi connectivity index (χ1) is 9.97. The van der Waals surface area contributed by atoms with E-state index in [0.29, 0.717) is 23.8 Å². The summed E-state index contributed by atoms with van der Waals surface area (Å²) in [6.07, 6.45) is 7.23. The van der Waals surface area contributed by atoms with Crippen molar-refractivity contribution in [2.45, 2.75) is 49.7 Å². The maximum atomic E-state index is 12.5. The molecule has 0 radical (unpaired) electrons. The van der Waals surface area contributed by atoms with Gasteiger partial charge in [0.1, 0.15) is 5.82 Å². The van der Waals surface area contributed by atoms with E-state index in [-0.39, 0.29) is 17.3 Å². The fourth-order valence-electron chi connectivity index (χ4n) is 5.28. The van der Waals surface area contributed by atoms with Gasteiger partial charge in [0.05, 0.1) is 11.2 Å². The van der Waals surface area contributed by atoms with Gasteiger partial charge in [-0.25, -0.2) is 4.98 Å². The maximum Gasteiger partial charge on any atom is 0.255 e.